The van der Waals surface area contributed by atoms with Crippen molar-refractivity contribution < 1.29 is 14.3 Å². The van der Waals surface area contributed by atoms with Crippen LogP contribution in [0.3, 0.4) is 0 Å². The SMILES string of the molecule is C=C/C=C(C=O)\C=C/COc1cnn(-c2cc(Cl)cc(CCC)c2)c1-c1ccc2cc(OC)ccc2c1.CC.CN=C(NN)NN. The molecule has 0 aliphatic heterocycles. The number of methoxy groups -OCH3 is 1. The molecule has 1 heterocycles. The number of carbonyl (C=O) groups excluding carboxylic acids is 1. The highest BCUT2D eigenvalue weighted by molar-refractivity contribution is 6.30. The van der Waals surface area contributed by atoms with Crippen LogP contribution >= 0.6 is 11.6 Å². The largest absolute Gasteiger partial charge is 0.497 e. The van der Waals surface area contributed by atoms with Gasteiger partial charge in [0.15, 0.2) is 5.75 Å². The van der Waals surface area contributed by atoms with Crippen molar-refractivity contribution in [2.45, 2.75) is 33.6 Å². The Kier molecular flexibility index (Phi) is 16.4. The van der Waals surface area contributed by atoms with Crippen molar-refractivity contribution in [1.82, 2.24) is 20.6 Å². The quantitative estimate of drug-likeness (QED) is 0.0276. The summed E-state index contributed by atoms with van der Waals surface area (Å²) in [7, 11) is 3.23. The van der Waals surface area contributed by atoms with Gasteiger partial charge in [0.25, 0.3) is 0 Å². The van der Waals surface area contributed by atoms with E-state index in [2.05, 4.69) is 52.6 Å². The predicted octanol–water partition coefficient (Wildman–Crippen LogP) is 6.48. The molecule has 0 fully saturated rings. The van der Waals surface area contributed by atoms with Gasteiger partial charge in [-0.05, 0) is 65.2 Å². The molecular formula is C35H44ClN7O3. The highest BCUT2D eigenvalue weighted by Gasteiger charge is 2.17. The molecule has 0 aliphatic rings. The number of fused-ring (bicyclic) bond motifs is 1. The second-order valence-electron chi connectivity index (χ2n) is 9.36. The van der Waals surface area contributed by atoms with Crippen molar-refractivity contribution >= 4 is 34.6 Å². The average molecular weight is 646 g/mol. The molecule has 0 bridgehead atoms. The van der Waals surface area contributed by atoms with E-state index in [1.54, 1.807) is 44.7 Å². The average Bonchev–Trinajstić information content (AvgIpc) is 3.51. The number of halogens is 1. The number of allylic oxidation sites excluding steroid dienone is 4. The van der Waals surface area contributed by atoms with Crippen molar-refractivity contribution in [2.24, 2.45) is 16.7 Å². The molecule has 0 atom stereocenters. The number of aromatic nitrogens is 2. The maximum absolute atomic E-state index is 11.2. The van der Waals surface area contributed by atoms with Crippen molar-refractivity contribution in [2.75, 3.05) is 20.8 Å². The number of aliphatic imine (C=N–C) groups is 1. The minimum atomic E-state index is 0.266. The first-order valence-electron chi connectivity index (χ1n) is 14.8. The van der Waals surface area contributed by atoms with Crippen LogP contribution in [0, 0.1) is 0 Å². The lowest BCUT2D eigenvalue weighted by Gasteiger charge is -2.13. The van der Waals surface area contributed by atoms with Crippen LogP contribution in [0.25, 0.3) is 27.7 Å². The zero-order valence-electron chi connectivity index (χ0n) is 27.1. The number of hydrogen-bond donors (Lipinski definition) is 4. The summed E-state index contributed by atoms with van der Waals surface area (Å²) >= 11 is 6.48. The number of rotatable bonds is 11. The van der Waals surface area contributed by atoms with Gasteiger partial charge in [0.1, 0.15) is 24.3 Å². The van der Waals surface area contributed by atoms with E-state index in [-0.39, 0.29) is 6.61 Å². The second kappa shape index (κ2) is 20.2. The number of hydrogen-bond acceptors (Lipinski definition) is 7. The Balaban J connectivity index is 0.000000724. The Morgan fingerprint density at radius 1 is 1.09 bits per heavy atom. The van der Waals surface area contributed by atoms with E-state index in [0.717, 1.165) is 58.2 Å². The maximum atomic E-state index is 11.2. The third-order valence-electron chi connectivity index (χ3n) is 6.37. The van der Waals surface area contributed by atoms with E-state index in [9.17, 15) is 4.79 Å². The van der Waals surface area contributed by atoms with Gasteiger partial charge >= 0.3 is 0 Å². The standard InChI is InChI=1S/C31H29ClN2O3.C2H9N5.C2H6/c1-4-7-22(21-35)9-6-14-37-30-20-33-34(28-16-23(8-5-2)15-27(32)19-28)31(30)26-11-10-25-18-29(36-3)13-12-24(25)17-26;1-5-2(6-3)7-4;1-2/h4,6-7,9-13,15-21H,1,5,8,14H2,2-3H3;3-4H2,1H3,(H2,5,6,7);1-2H3/b9-6-,22-7+;;. The summed E-state index contributed by atoms with van der Waals surface area (Å²) in [5.41, 5.74) is 8.72. The Morgan fingerprint density at radius 3 is 2.41 bits per heavy atom. The highest BCUT2D eigenvalue weighted by Crippen LogP contribution is 2.35. The van der Waals surface area contributed by atoms with Gasteiger partial charge in [-0.2, -0.15) is 5.10 Å². The molecule has 244 valence electrons. The number of benzene rings is 3. The number of ether oxygens (including phenoxy) is 2. The number of carbonyl (C=O) groups is 1. The van der Waals surface area contributed by atoms with Crippen LogP contribution in [-0.2, 0) is 11.2 Å². The van der Waals surface area contributed by atoms with Crippen molar-refractivity contribution in [3.05, 3.63) is 108 Å². The van der Waals surface area contributed by atoms with Crippen LogP contribution in [0.1, 0.15) is 32.8 Å². The zero-order valence-corrected chi connectivity index (χ0v) is 27.8. The number of nitrogens with two attached hydrogens (primary N) is 2. The van der Waals surface area contributed by atoms with Crippen molar-refractivity contribution in [3.63, 3.8) is 0 Å². The van der Waals surface area contributed by atoms with Gasteiger partial charge in [-0.3, -0.25) is 20.6 Å². The van der Waals surface area contributed by atoms with E-state index in [1.807, 2.05) is 54.9 Å². The molecule has 3 aromatic carbocycles. The minimum absolute atomic E-state index is 0.266. The van der Waals surface area contributed by atoms with Crippen LogP contribution in [0.4, 0.5) is 0 Å². The summed E-state index contributed by atoms with van der Waals surface area (Å²) in [6.07, 6.45) is 11.1. The lowest BCUT2D eigenvalue weighted by molar-refractivity contribution is -0.104. The van der Waals surface area contributed by atoms with E-state index >= 15 is 0 Å². The smallest absolute Gasteiger partial charge is 0.219 e. The van der Waals surface area contributed by atoms with Gasteiger partial charge in [-0.1, -0.05) is 81.8 Å². The number of nitrogens with one attached hydrogen (secondary N) is 2. The topological polar surface area (TPSA) is 142 Å². The molecule has 0 aliphatic carbocycles. The first-order chi connectivity index (χ1) is 22.4. The van der Waals surface area contributed by atoms with E-state index in [0.29, 0.717) is 22.3 Å². The van der Waals surface area contributed by atoms with Crippen LogP contribution in [-0.4, -0.2) is 42.8 Å². The molecule has 0 radical (unpaired) electrons. The minimum Gasteiger partial charge on any atom is -0.497 e. The summed E-state index contributed by atoms with van der Waals surface area (Å²) in [6, 6.07) is 18.2. The summed E-state index contributed by atoms with van der Waals surface area (Å²) in [5.74, 6) is 11.5. The van der Waals surface area contributed by atoms with Gasteiger partial charge in [0.05, 0.1) is 19.0 Å². The van der Waals surface area contributed by atoms with Crippen LogP contribution in [0.15, 0.2) is 102 Å². The van der Waals surface area contributed by atoms with Crippen molar-refractivity contribution in [3.8, 4) is 28.4 Å². The van der Waals surface area contributed by atoms with E-state index < -0.39 is 0 Å². The molecule has 0 unspecified atom stereocenters. The summed E-state index contributed by atoms with van der Waals surface area (Å²) in [5, 5.41) is 7.48. The fraction of sp³-hybridized carbons (Fsp3) is 0.229. The van der Waals surface area contributed by atoms with Gasteiger partial charge in [0.2, 0.25) is 5.96 Å². The second-order valence-corrected chi connectivity index (χ2v) is 9.80. The molecule has 10 nitrogen and oxygen atoms in total. The molecule has 4 rings (SSSR count). The lowest BCUT2D eigenvalue weighted by Crippen LogP contribution is -2.44. The number of nitrogens with zero attached hydrogens (tertiary/aromatic N) is 3. The Bertz CT molecular complexity index is 1660. The van der Waals surface area contributed by atoms with E-state index in [1.165, 1.54) is 0 Å². The molecule has 46 heavy (non-hydrogen) atoms. The molecule has 0 spiro atoms. The third kappa shape index (κ3) is 10.6. The fourth-order valence-corrected chi connectivity index (χ4v) is 4.60. The maximum Gasteiger partial charge on any atom is 0.219 e. The highest BCUT2D eigenvalue weighted by atomic mass is 35.5. The Labute approximate surface area is 276 Å². The molecule has 1 aromatic heterocycles. The normalized spacial score (nSPS) is 10.7. The number of aldehydes is 1. The lowest BCUT2D eigenvalue weighted by atomic mass is 10.0. The van der Waals surface area contributed by atoms with Crippen molar-refractivity contribution in [1.29, 1.82) is 0 Å². The first-order valence-corrected chi connectivity index (χ1v) is 15.2. The summed E-state index contributed by atoms with van der Waals surface area (Å²) in [4.78, 5) is 14.7. The molecule has 4 aromatic rings. The third-order valence-corrected chi connectivity index (χ3v) is 6.59. The van der Waals surface area contributed by atoms with Gasteiger partial charge < -0.3 is 9.47 Å². The molecule has 11 heteroatoms. The number of guanidine groups is 1. The molecule has 6 N–H and O–H groups in total. The fourth-order valence-electron chi connectivity index (χ4n) is 4.35. The van der Waals surface area contributed by atoms with Crippen LogP contribution in [0.5, 0.6) is 11.5 Å². The van der Waals surface area contributed by atoms with Crippen LogP contribution in [0.2, 0.25) is 5.02 Å². The molecule has 0 saturated heterocycles. The predicted molar refractivity (Wildman–Crippen MR) is 190 cm³/mol. The first kappa shape index (κ1) is 37.3. The number of aryl methyl sites for hydroxylation is 1. The monoisotopic (exact) mass is 645 g/mol. The zero-order chi connectivity index (χ0) is 33.9. The van der Waals surface area contributed by atoms with Crippen LogP contribution < -0.4 is 32.0 Å². The van der Waals surface area contributed by atoms with Gasteiger partial charge in [0, 0.05) is 23.2 Å². The Hall–Kier alpha value is -4.90. The number of hydrazine groups is 2. The molecule has 0 amide bonds. The van der Waals surface area contributed by atoms with E-state index in [4.69, 9.17) is 32.8 Å². The van der Waals surface area contributed by atoms with Gasteiger partial charge in [-0.25, -0.2) is 16.4 Å². The summed E-state index contributed by atoms with van der Waals surface area (Å²) in [6.45, 7) is 10.0. The molecular weight excluding hydrogens is 602 g/mol. The Morgan fingerprint density at radius 2 is 1.80 bits per heavy atom. The van der Waals surface area contributed by atoms with Gasteiger partial charge in [-0.15, -0.1) is 0 Å². The summed E-state index contributed by atoms with van der Waals surface area (Å²) < 4.78 is 13.4. The molecule has 0 saturated carbocycles.